The smallest absolute Gasteiger partial charge is 0.330 e. The fourth-order valence-corrected chi connectivity index (χ4v) is 2.68. The zero-order chi connectivity index (χ0) is 18.9. The van der Waals surface area contributed by atoms with Crippen LogP contribution in [0.15, 0.2) is 30.3 Å². The second-order valence-corrected chi connectivity index (χ2v) is 6.43. The number of esters is 1. The maximum Gasteiger partial charge on any atom is 0.330 e. The lowest BCUT2D eigenvalue weighted by atomic mass is 10.2. The summed E-state index contributed by atoms with van der Waals surface area (Å²) in [5.41, 5.74) is 1.58. The molecule has 0 bridgehead atoms. The highest BCUT2D eigenvalue weighted by atomic mass is 35.5. The molecule has 2 rings (SSSR count). The molecular formula is C19H22Cl2N2O3. The maximum atomic E-state index is 11.6. The average molecular weight is 397 g/mol. The molecule has 0 atom stereocenters. The molecule has 0 radical (unpaired) electrons. The molecule has 1 aromatic carbocycles. The van der Waals surface area contributed by atoms with Gasteiger partial charge in [0.25, 0.3) is 0 Å². The molecule has 0 saturated carbocycles. The van der Waals surface area contributed by atoms with Gasteiger partial charge in [-0.25, -0.2) is 4.79 Å². The van der Waals surface area contributed by atoms with Crippen molar-refractivity contribution in [2.45, 2.75) is 33.2 Å². The summed E-state index contributed by atoms with van der Waals surface area (Å²) in [7, 11) is 0. The third kappa shape index (κ3) is 6.07. The predicted molar refractivity (Wildman–Crippen MR) is 104 cm³/mol. The van der Waals surface area contributed by atoms with Crippen LogP contribution < -0.4 is 4.74 Å². The lowest BCUT2D eigenvalue weighted by Gasteiger charge is -2.07. The van der Waals surface area contributed by atoms with Gasteiger partial charge in [0.05, 0.1) is 25.5 Å². The summed E-state index contributed by atoms with van der Waals surface area (Å²) >= 11 is 12.2. The largest absolute Gasteiger partial charge is 0.477 e. The summed E-state index contributed by atoms with van der Waals surface area (Å²) in [5, 5.41) is 5.60. The topological polar surface area (TPSA) is 53.4 Å². The number of halogens is 2. The van der Waals surface area contributed by atoms with E-state index in [1.54, 1.807) is 35.9 Å². The standard InChI is InChI=1S/C19H22Cl2N2O3/c1-3-5-10-26-18-12-16(8-9-19(24)25-4-2)23(22-18)13-14-6-7-15(20)11-17(14)21/h6-9,11-12H,3-5,10,13H2,1-2H3/b9-8+. The van der Waals surface area contributed by atoms with Crippen molar-refractivity contribution in [3.8, 4) is 5.88 Å². The fourth-order valence-electron chi connectivity index (χ4n) is 2.21. The zero-order valence-corrected chi connectivity index (χ0v) is 16.4. The molecule has 0 unspecified atom stereocenters. The van der Waals surface area contributed by atoms with Crippen LogP contribution in [0.3, 0.4) is 0 Å². The molecule has 0 spiro atoms. The highest BCUT2D eigenvalue weighted by molar-refractivity contribution is 6.35. The van der Waals surface area contributed by atoms with Gasteiger partial charge in [0.2, 0.25) is 5.88 Å². The number of rotatable bonds is 9. The SMILES string of the molecule is CCCCOc1cc(/C=C/C(=O)OCC)n(Cc2ccc(Cl)cc2Cl)n1. The summed E-state index contributed by atoms with van der Waals surface area (Å²) < 4.78 is 12.3. The van der Waals surface area contributed by atoms with E-state index in [1.165, 1.54) is 6.08 Å². The summed E-state index contributed by atoms with van der Waals surface area (Å²) in [5.74, 6) is 0.102. The number of ether oxygens (including phenoxy) is 2. The Kier molecular flexibility index (Phi) is 8.01. The lowest BCUT2D eigenvalue weighted by molar-refractivity contribution is -0.137. The molecule has 2 aromatic rings. The second kappa shape index (κ2) is 10.2. The first-order chi connectivity index (χ1) is 12.5. The van der Waals surface area contributed by atoms with Gasteiger partial charge >= 0.3 is 5.97 Å². The Morgan fingerprint density at radius 1 is 1.27 bits per heavy atom. The fraction of sp³-hybridized carbons (Fsp3) is 0.368. The van der Waals surface area contributed by atoms with E-state index in [1.807, 2.05) is 6.07 Å². The predicted octanol–water partition coefficient (Wildman–Crippen LogP) is 4.99. The first kappa shape index (κ1) is 20.3. The molecule has 7 heteroatoms. The van der Waals surface area contributed by atoms with Gasteiger partial charge in [0, 0.05) is 22.2 Å². The Hall–Kier alpha value is -1.98. The van der Waals surface area contributed by atoms with E-state index in [0.717, 1.165) is 24.1 Å². The number of benzene rings is 1. The van der Waals surface area contributed by atoms with Crippen molar-refractivity contribution < 1.29 is 14.3 Å². The summed E-state index contributed by atoms with van der Waals surface area (Å²) in [6.07, 6.45) is 5.01. The number of unbranched alkanes of at least 4 members (excludes halogenated alkanes) is 1. The minimum Gasteiger partial charge on any atom is -0.477 e. The first-order valence-electron chi connectivity index (χ1n) is 8.52. The van der Waals surface area contributed by atoms with Crippen LogP contribution in [-0.4, -0.2) is 29.0 Å². The third-order valence-electron chi connectivity index (χ3n) is 3.55. The van der Waals surface area contributed by atoms with Gasteiger partial charge < -0.3 is 9.47 Å². The molecular weight excluding hydrogens is 375 g/mol. The summed E-state index contributed by atoms with van der Waals surface area (Å²) in [6, 6.07) is 7.10. The van der Waals surface area contributed by atoms with E-state index in [9.17, 15) is 4.79 Å². The summed E-state index contributed by atoms with van der Waals surface area (Å²) in [6.45, 7) is 5.20. The molecule has 0 amide bonds. The number of aromatic nitrogens is 2. The molecule has 0 aliphatic heterocycles. The van der Waals surface area contributed by atoms with Crippen molar-refractivity contribution in [3.05, 3.63) is 51.6 Å². The van der Waals surface area contributed by atoms with Crippen LogP contribution >= 0.6 is 23.2 Å². The molecule has 0 saturated heterocycles. The number of hydrogen-bond donors (Lipinski definition) is 0. The second-order valence-electron chi connectivity index (χ2n) is 5.59. The molecule has 140 valence electrons. The molecule has 5 nitrogen and oxygen atoms in total. The Labute approximate surface area is 163 Å². The minimum atomic E-state index is -0.404. The van der Waals surface area contributed by atoms with Gasteiger partial charge in [-0.2, -0.15) is 0 Å². The van der Waals surface area contributed by atoms with Crippen molar-refractivity contribution in [2.75, 3.05) is 13.2 Å². The third-order valence-corrected chi connectivity index (χ3v) is 4.14. The van der Waals surface area contributed by atoms with E-state index in [0.29, 0.717) is 35.7 Å². The van der Waals surface area contributed by atoms with E-state index < -0.39 is 5.97 Å². The van der Waals surface area contributed by atoms with Crippen LogP contribution in [0.25, 0.3) is 6.08 Å². The average Bonchev–Trinajstić information content (AvgIpc) is 2.98. The van der Waals surface area contributed by atoms with E-state index in [2.05, 4.69) is 12.0 Å². The highest BCUT2D eigenvalue weighted by Crippen LogP contribution is 2.23. The molecule has 0 aliphatic rings. The van der Waals surface area contributed by atoms with Crippen LogP contribution in [0.1, 0.15) is 37.9 Å². The van der Waals surface area contributed by atoms with Gasteiger partial charge in [0.15, 0.2) is 0 Å². The summed E-state index contributed by atoms with van der Waals surface area (Å²) in [4.78, 5) is 11.6. The van der Waals surface area contributed by atoms with Gasteiger partial charge in [0.1, 0.15) is 0 Å². The highest BCUT2D eigenvalue weighted by Gasteiger charge is 2.10. The molecule has 1 heterocycles. The van der Waals surface area contributed by atoms with Gasteiger partial charge in [-0.05, 0) is 37.1 Å². The Morgan fingerprint density at radius 3 is 2.77 bits per heavy atom. The van der Waals surface area contributed by atoms with Crippen LogP contribution in [0.4, 0.5) is 0 Å². The van der Waals surface area contributed by atoms with Crippen molar-refractivity contribution in [2.24, 2.45) is 0 Å². The molecule has 0 aliphatic carbocycles. The molecule has 26 heavy (non-hydrogen) atoms. The quantitative estimate of drug-likeness (QED) is 0.340. The normalized spacial score (nSPS) is 11.1. The van der Waals surface area contributed by atoms with Crippen LogP contribution in [0.5, 0.6) is 5.88 Å². The molecule has 1 aromatic heterocycles. The number of carbonyl (C=O) groups is 1. The van der Waals surface area contributed by atoms with Crippen molar-refractivity contribution >= 4 is 35.2 Å². The van der Waals surface area contributed by atoms with Crippen LogP contribution in [0, 0.1) is 0 Å². The van der Waals surface area contributed by atoms with E-state index in [4.69, 9.17) is 32.7 Å². The van der Waals surface area contributed by atoms with Crippen LogP contribution in [-0.2, 0) is 16.1 Å². The van der Waals surface area contributed by atoms with Crippen molar-refractivity contribution in [1.82, 2.24) is 9.78 Å². The van der Waals surface area contributed by atoms with E-state index >= 15 is 0 Å². The zero-order valence-electron chi connectivity index (χ0n) is 14.9. The number of hydrogen-bond acceptors (Lipinski definition) is 4. The van der Waals surface area contributed by atoms with Gasteiger partial charge in [-0.15, -0.1) is 5.10 Å². The van der Waals surface area contributed by atoms with Crippen LogP contribution in [0.2, 0.25) is 10.0 Å². The monoisotopic (exact) mass is 396 g/mol. The Morgan fingerprint density at radius 2 is 2.08 bits per heavy atom. The lowest BCUT2D eigenvalue weighted by Crippen LogP contribution is -2.06. The maximum absolute atomic E-state index is 11.6. The minimum absolute atomic E-state index is 0.328. The van der Waals surface area contributed by atoms with Crippen molar-refractivity contribution in [1.29, 1.82) is 0 Å². The van der Waals surface area contributed by atoms with Gasteiger partial charge in [-0.1, -0.05) is 42.6 Å². The Bertz CT molecular complexity index is 772. The number of nitrogens with zero attached hydrogens (tertiary/aromatic N) is 2. The molecule has 0 N–H and O–H groups in total. The molecule has 0 fully saturated rings. The number of carbonyl (C=O) groups excluding carboxylic acids is 1. The van der Waals surface area contributed by atoms with Crippen molar-refractivity contribution in [3.63, 3.8) is 0 Å². The Balaban J connectivity index is 2.24. The first-order valence-corrected chi connectivity index (χ1v) is 9.28. The van der Waals surface area contributed by atoms with E-state index in [-0.39, 0.29) is 0 Å². The van der Waals surface area contributed by atoms with Gasteiger partial charge in [-0.3, -0.25) is 4.68 Å².